The van der Waals surface area contributed by atoms with E-state index in [9.17, 15) is 4.79 Å². The molecule has 5 N–H and O–H groups in total. The van der Waals surface area contributed by atoms with E-state index in [1.807, 2.05) is 0 Å². The molecule has 0 aliphatic carbocycles. The summed E-state index contributed by atoms with van der Waals surface area (Å²) in [6.45, 7) is 1.93. The second-order valence-electron chi connectivity index (χ2n) is 4.82. The van der Waals surface area contributed by atoms with Crippen molar-refractivity contribution >= 4 is 35.0 Å². The molecule has 0 unspecified atom stereocenters. The third kappa shape index (κ3) is 3.57. The monoisotopic (exact) mass is 333 g/mol. The van der Waals surface area contributed by atoms with Gasteiger partial charge in [0, 0.05) is 17.8 Å². The zero-order chi connectivity index (χ0) is 16.4. The lowest BCUT2D eigenvalue weighted by Crippen LogP contribution is -2.22. The number of amides is 1. The number of nitrogen functional groups attached to an aromatic ring is 2. The van der Waals surface area contributed by atoms with Crippen LogP contribution in [0.25, 0.3) is 0 Å². The molecule has 2 heterocycles. The predicted octanol–water partition coefficient (Wildman–Crippen LogP) is 1.49. The van der Waals surface area contributed by atoms with Crippen LogP contribution in [0.4, 0.5) is 17.3 Å². The first-order valence-electron chi connectivity index (χ1n) is 6.78. The molecule has 1 aliphatic rings. The number of benzene rings is 1. The van der Waals surface area contributed by atoms with Crippen LogP contribution in [0.15, 0.2) is 29.4 Å². The molecule has 1 aromatic heterocycles. The minimum atomic E-state index is -0.429. The Labute approximate surface area is 136 Å². The van der Waals surface area contributed by atoms with Crippen molar-refractivity contribution in [2.45, 2.75) is 17.3 Å². The van der Waals surface area contributed by atoms with Crippen LogP contribution in [-0.4, -0.2) is 27.9 Å². The molecule has 0 spiro atoms. The molecular weight excluding hydrogens is 318 g/mol. The van der Waals surface area contributed by atoms with E-state index in [1.54, 1.807) is 25.1 Å². The van der Waals surface area contributed by atoms with Crippen molar-refractivity contribution in [1.82, 2.24) is 9.97 Å². The van der Waals surface area contributed by atoms with Crippen LogP contribution in [0, 0.1) is 0 Å². The molecule has 0 bridgehead atoms. The first-order valence-corrected chi connectivity index (χ1v) is 7.66. The number of nitrogens with two attached hydrogens (primary N) is 2. The number of carbonyl (C=O) groups is 1. The van der Waals surface area contributed by atoms with Crippen molar-refractivity contribution in [3.05, 3.63) is 24.3 Å². The summed E-state index contributed by atoms with van der Waals surface area (Å²) in [6.07, 6.45) is 0. The Morgan fingerprint density at radius 3 is 2.65 bits per heavy atom. The number of nitrogens with one attached hydrogen (secondary N) is 1. The number of fused-ring (bicyclic) bond motifs is 1. The van der Waals surface area contributed by atoms with Crippen molar-refractivity contribution in [2.24, 2.45) is 0 Å². The number of nitrogens with zero attached hydrogens (tertiary/aromatic N) is 2. The van der Waals surface area contributed by atoms with Gasteiger partial charge in [-0.15, -0.1) is 0 Å². The average Bonchev–Trinajstić information content (AvgIpc) is 2.93. The van der Waals surface area contributed by atoms with Gasteiger partial charge >= 0.3 is 0 Å². The van der Waals surface area contributed by atoms with E-state index in [0.717, 1.165) is 0 Å². The second-order valence-corrected chi connectivity index (χ2v) is 6.13. The van der Waals surface area contributed by atoms with Gasteiger partial charge in [-0.1, -0.05) is 11.8 Å². The highest BCUT2D eigenvalue weighted by atomic mass is 32.2. The standard InChI is InChI=1S/C14H15N5O3S/c1-7(23-14-18-11(15)5-12(16)19-14)13(20)17-8-2-3-9-10(4-8)22-6-21-9/h2-5,7H,6H2,1H3,(H,17,20)(H4,15,16,18,19)/t7-/m1/s1. The summed E-state index contributed by atoms with van der Waals surface area (Å²) in [5.41, 5.74) is 11.9. The smallest absolute Gasteiger partial charge is 0.237 e. The Morgan fingerprint density at radius 2 is 1.91 bits per heavy atom. The van der Waals surface area contributed by atoms with Gasteiger partial charge in [0.15, 0.2) is 16.7 Å². The Bertz CT molecular complexity index is 735. The SMILES string of the molecule is C[C@@H](Sc1nc(N)cc(N)n1)C(=O)Nc1ccc2c(c1)OCO2. The Balaban J connectivity index is 1.65. The van der Waals surface area contributed by atoms with E-state index < -0.39 is 5.25 Å². The Hall–Kier alpha value is -2.68. The van der Waals surface area contributed by atoms with E-state index >= 15 is 0 Å². The number of hydrogen-bond donors (Lipinski definition) is 3. The van der Waals surface area contributed by atoms with Crippen LogP contribution in [0.2, 0.25) is 0 Å². The van der Waals surface area contributed by atoms with Crippen LogP contribution < -0.4 is 26.3 Å². The second kappa shape index (κ2) is 6.21. The highest BCUT2D eigenvalue weighted by molar-refractivity contribution is 8.00. The summed E-state index contributed by atoms with van der Waals surface area (Å²) in [5, 5.41) is 2.74. The zero-order valence-electron chi connectivity index (χ0n) is 12.3. The van der Waals surface area contributed by atoms with Gasteiger partial charge in [-0.3, -0.25) is 4.79 Å². The van der Waals surface area contributed by atoms with Gasteiger partial charge in [0.1, 0.15) is 11.6 Å². The van der Waals surface area contributed by atoms with Crippen LogP contribution in [0.5, 0.6) is 11.5 Å². The number of thioether (sulfide) groups is 1. The third-order valence-electron chi connectivity index (χ3n) is 3.04. The average molecular weight is 333 g/mol. The number of carbonyl (C=O) groups excluding carboxylic acids is 1. The number of anilines is 3. The number of ether oxygens (including phenoxy) is 2. The van der Waals surface area contributed by atoms with Crippen molar-refractivity contribution in [2.75, 3.05) is 23.6 Å². The van der Waals surface area contributed by atoms with Crippen LogP contribution in [0.1, 0.15) is 6.92 Å². The van der Waals surface area contributed by atoms with Crippen LogP contribution in [-0.2, 0) is 4.79 Å². The normalized spacial score (nSPS) is 13.6. The lowest BCUT2D eigenvalue weighted by Gasteiger charge is -2.12. The van der Waals surface area contributed by atoms with Gasteiger partial charge in [0.2, 0.25) is 12.7 Å². The fraction of sp³-hybridized carbons (Fsp3) is 0.214. The van der Waals surface area contributed by atoms with Gasteiger partial charge < -0.3 is 26.3 Å². The molecule has 2 aromatic rings. The van der Waals surface area contributed by atoms with Gasteiger partial charge in [0.05, 0.1) is 5.25 Å². The van der Waals surface area contributed by atoms with E-state index in [0.29, 0.717) is 22.3 Å². The van der Waals surface area contributed by atoms with Gasteiger partial charge in [-0.2, -0.15) is 0 Å². The molecule has 23 heavy (non-hydrogen) atoms. The van der Waals surface area contributed by atoms with Crippen molar-refractivity contribution in [1.29, 1.82) is 0 Å². The fourth-order valence-corrected chi connectivity index (χ4v) is 2.74. The van der Waals surface area contributed by atoms with E-state index in [-0.39, 0.29) is 24.3 Å². The molecule has 1 aliphatic heterocycles. The summed E-state index contributed by atoms with van der Waals surface area (Å²) in [5.74, 6) is 1.61. The van der Waals surface area contributed by atoms with Gasteiger partial charge in [-0.05, 0) is 19.1 Å². The molecular formula is C14H15N5O3S. The summed E-state index contributed by atoms with van der Waals surface area (Å²) in [7, 11) is 0. The molecule has 9 heteroatoms. The maximum Gasteiger partial charge on any atom is 0.237 e. The summed E-state index contributed by atoms with van der Waals surface area (Å²) >= 11 is 1.17. The molecule has 0 fully saturated rings. The summed E-state index contributed by atoms with van der Waals surface area (Å²) < 4.78 is 10.5. The Morgan fingerprint density at radius 1 is 1.22 bits per heavy atom. The molecule has 0 saturated heterocycles. The first kappa shape index (κ1) is 15.2. The molecule has 3 rings (SSSR count). The highest BCUT2D eigenvalue weighted by Gasteiger charge is 2.19. The lowest BCUT2D eigenvalue weighted by atomic mass is 10.2. The molecule has 1 amide bonds. The maximum atomic E-state index is 12.3. The summed E-state index contributed by atoms with van der Waals surface area (Å²) in [4.78, 5) is 20.4. The quantitative estimate of drug-likeness (QED) is 0.567. The van der Waals surface area contributed by atoms with Crippen LogP contribution in [0.3, 0.4) is 0 Å². The van der Waals surface area contributed by atoms with Crippen molar-refractivity contribution in [3.8, 4) is 11.5 Å². The van der Waals surface area contributed by atoms with Crippen molar-refractivity contribution < 1.29 is 14.3 Å². The minimum absolute atomic E-state index is 0.188. The third-order valence-corrected chi connectivity index (χ3v) is 4.00. The van der Waals surface area contributed by atoms with Crippen LogP contribution >= 0.6 is 11.8 Å². The Kier molecular flexibility index (Phi) is 4.11. The zero-order valence-corrected chi connectivity index (χ0v) is 13.1. The molecule has 120 valence electrons. The number of hydrogen-bond acceptors (Lipinski definition) is 8. The summed E-state index contributed by atoms with van der Waals surface area (Å²) in [6, 6.07) is 6.67. The highest BCUT2D eigenvalue weighted by Crippen LogP contribution is 2.34. The number of aromatic nitrogens is 2. The molecule has 1 atom stereocenters. The lowest BCUT2D eigenvalue weighted by molar-refractivity contribution is -0.115. The molecule has 1 aromatic carbocycles. The minimum Gasteiger partial charge on any atom is -0.454 e. The predicted molar refractivity (Wildman–Crippen MR) is 87.4 cm³/mol. The number of rotatable bonds is 4. The van der Waals surface area contributed by atoms with Crippen molar-refractivity contribution in [3.63, 3.8) is 0 Å². The molecule has 8 nitrogen and oxygen atoms in total. The fourth-order valence-electron chi connectivity index (χ4n) is 1.94. The first-order chi connectivity index (χ1) is 11.0. The largest absolute Gasteiger partial charge is 0.454 e. The topological polar surface area (TPSA) is 125 Å². The van der Waals surface area contributed by atoms with E-state index in [2.05, 4.69) is 15.3 Å². The van der Waals surface area contributed by atoms with E-state index in [1.165, 1.54) is 17.8 Å². The maximum absolute atomic E-state index is 12.3. The molecule has 0 saturated carbocycles. The molecule has 0 radical (unpaired) electrons. The van der Waals surface area contributed by atoms with Gasteiger partial charge in [0.25, 0.3) is 0 Å². The van der Waals surface area contributed by atoms with Gasteiger partial charge in [-0.25, -0.2) is 9.97 Å². The van der Waals surface area contributed by atoms with E-state index in [4.69, 9.17) is 20.9 Å².